The number of carbonyl (C=O) groups is 1. The van der Waals surface area contributed by atoms with Crippen molar-refractivity contribution in [1.82, 2.24) is 25.3 Å². The van der Waals surface area contributed by atoms with Crippen LogP contribution in [0.2, 0.25) is 0 Å². The minimum atomic E-state index is -0.101. The Hall–Kier alpha value is -3.22. The van der Waals surface area contributed by atoms with Crippen molar-refractivity contribution in [1.29, 1.82) is 0 Å². The molecule has 1 N–H and O–H groups in total. The smallest absolute Gasteiger partial charge is 0.251 e. The molecule has 0 atom stereocenters. The Bertz CT molecular complexity index is 1170. The molecule has 1 aliphatic rings. The predicted molar refractivity (Wildman–Crippen MR) is 114 cm³/mol. The minimum absolute atomic E-state index is 0.101. The third kappa shape index (κ3) is 3.79. The van der Waals surface area contributed by atoms with E-state index in [1.165, 1.54) is 19.3 Å². The average Bonchev–Trinajstić information content (AvgIpc) is 3.41. The van der Waals surface area contributed by atoms with Gasteiger partial charge in [-0.05, 0) is 49.6 Å². The maximum absolute atomic E-state index is 12.6. The van der Waals surface area contributed by atoms with Crippen LogP contribution in [-0.4, -0.2) is 32.4 Å². The van der Waals surface area contributed by atoms with Crippen LogP contribution in [0.1, 0.15) is 60.7 Å². The number of amides is 1. The topological polar surface area (TPSA) is 85.8 Å². The molecule has 1 amide bonds. The second-order valence-electron chi connectivity index (χ2n) is 7.98. The molecule has 0 unspecified atom stereocenters. The summed E-state index contributed by atoms with van der Waals surface area (Å²) in [5.41, 5.74) is 4.01. The van der Waals surface area contributed by atoms with E-state index in [2.05, 4.69) is 20.6 Å². The van der Waals surface area contributed by atoms with Crippen molar-refractivity contribution in [2.45, 2.75) is 51.0 Å². The Morgan fingerprint density at radius 2 is 1.97 bits per heavy atom. The molecule has 1 fully saturated rings. The minimum Gasteiger partial charge on any atom is -0.440 e. The monoisotopic (exact) mass is 403 g/mol. The molecule has 5 rings (SSSR count). The van der Waals surface area contributed by atoms with Crippen molar-refractivity contribution in [2.75, 3.05) is 6.54 Å². The summed E-state index contributed by atoms with van der Waals surface area (Å²) in [7, 11) is 0. The highest BCUT2D eigenvalue weighted by molar-refractivity contribution is 5.97. The second-order valence-corrected chi connectivity index (χ2v) is 7.98. The van der Waals surface area contributed by atoms with Gasteiger partial charge < -0.3 is 9.73 Å². The van der Waals surface area contributed by atoms with Crippen LogP contribution in [0.5, 0.6) is 0 Å². The zero-order valence-electron chi connectivity index (χ0n) is 16.9. The SMILES string of the molecule is O=C(NCCCn1nnc2ccccc21)c1ccc2nc(C3CCCCC3)oc2c1. The van der Waals surface area contributed by atoms with Gasteiger partial charge in [-0.2, -0.15) is 0 Å². The number of hydrogen-bond donors (Lipinski definition) is 1. The molecular weight excluding hydrogens is 378 g/mol. The van der Waals surface area contributed by atoms with E-state index in [0.717, 1.165) is 41.7 Å². The molecule has 0 spiro atoms. The molecule has 1 aliphatic carbocycles. The summed E-state index contributed by atoms with van der Waals surface area (Å²) in [5, 5.41) is 11.3. The van der Waals surface area contributed by atoms with Crippen molar-refractivity contribution in [3.63, 3.8) is 0 Å². The summed E-state index contributed by atoms with van der Waals surface area (Å²) < 4.78 is 7.87. The van der Waals surface area contributed by atoms with Crippen LogP contribution >= 0.6 is 0 Å². The van der Waals surface area contributed by atoms with Crippen LogP contribution in [0.4, 0.5) is 0 Å². The molecule has 30 heavy (non-hydrogen) atoms. The van der Waals surface area contributed by atoms with E-state index in [-0.39, 0.29) is 5.91 Å². The highest BCUT2D eigenvalue weighted by atomic mass is 16.3. The molecule has 7 nitrogen and oxygen atoms in total. The van der Waals surface area contributed by atoms with Gasteiger partial charge in [0.1, 0.15) is 11.0 Å². The van der Waals surface area contributed by atoms with Crippen LogP contribution in [0.15, 0.2) is 46.9 Å². The van der Waals surface area contributed by atoms with E-state index in [9.17, 15) is 4.79 Å². The van der Waals surface area contributed by atoms with E-state index in [0.29, 0.717) is 30.2 Å². The number of rotatable bonds is 6. The van der Waals surface area contributed by atoms with E-state index in [1.54, 1.807) is 6.07 Å². The standard InChI is InChI=1S/C23H25N5O2/c29-22(24-13-6-14-28-20-10-5-4-9-18(20)26-27-28)17-11-12-19-21(15-17)30-23(25-19)16-7-2-1-3-8-16/h4-5,9-12,15-16H,1-3,6-8,13-14H2,(H,24,29). The third-order valence-corrected chi connectivity index (χ3v) is 5.87. The average molecular weight is 403 g/mol. The summed E-state index contributed by atoms with van der Waals surface area (Å²) in [6.07, 6.45) is 6.83. The van der Waals surface area contributed by atoms with Gasteiger partial charge in [-0.3, -0.25) is 4.79 Å². The summed E-state index contributed by atoms with van der Waals surface area (Å²) in [4.78, 5) is 17.2. The van der Waals surface area contributed by atoms with Crippen molar-refractivity contribution in [3.8, 4) is 0 Å². The largest absolute Gasteiger partial charge is 0.440 e. The van der Waals surface area contributed by atoms with Gasteiger partial charge in [0.2, 0.25) is 0 Å². The van der Waals surface area contributed by atoms with Crippen molar-refractivity contribution >= 4 is 28.0 Å². The van der Waals surface area contributed by atoms with E-state index < -0.39 is 0 Å². The molecule has 4 aromatic rings. The Kier molecular flexibility index (Phi) is 5.17. The molecule has 7 heteroatoms. The zero-order valence-corrected chi connectivity index (χ0v) is 16.9. The fourth-order valence-electron chi connectivity index (χ4n) is 4.22. The normalized spacial score (nSPS) is 15.1. The summed E-state index contributed by atoms with van der Waals surface area (Å²) in [6, 6.07) is 13.4. The lowest BCUT2D eigenvalue weighted by Gasteiger charge is -2.17. The van der Waals surface area contributed by atoms with Crippen LogP contribution in [0.3, 0.4) is 0 Å². The maximum Gasteiger partial charge on any atom is 0.251 e. The summed E-state index contributed by atoms with van der Waals surface area (Å²) >= 11 is 0. The summed E-state index contributed by atoms with van der Waals surface area (Å²) in [6.45, 7) is 1.27. The Morgan fingerprint density at radius 1 is 1.10 bits per heavy atom. The first-order valence-electron chi connectivity index (χ1n) is 10.7. The lowest BCUT2D eigenvalue weighted by molar-refractivity contribution is 0.0952. The number of oxazole rings is 1. The molecule has 0 aliphatic heterocycles. The van der Waals surface area contributed by atoms with E-state index in [4.69, 9.17) is 4.42 Å². The van der Waals surface area contributed by atoms with E-state index >= 15 is 0 Å². The predicted octanol–water partition coefficient (Wildman–Crippen LogP) is 4.44. The Balaban J connectivity index is 1.19. The molecule has 2 aromatic carbocycles. The first-order chi connectivity index (χ1) is 14.8. The lowest BCUT2D eigenvalue weighted by atomic mass is 9.89. The summed E-state index contributed by atoms with van der Waals surface area (Å²) in [5.74, 6) is 1.13. The third-order valence-electron chi connectivity index (χ3n) is 5.87. The molecular formula is C23H25N5O2. The van der Waals surface area contributed by atoms with Gasteiger partial charge in [-0.15, -0.1) is 5.10 Å². The maximum atomic E-state index is 12.6. The highest BCUT2D eigenvalue weighted by Gasteiger charge is 2.21. The molecule has 154 valence electrons. The number of para-hydroxylation sites is 1. The number of hydrogen-bond acceptors (Lipinski definition) is 5. The van der Waals surface area contributed by atoms with Gasteiger partial charge in [0.15, 0.2) is 11.5 Å². The fraction of sp³-hybridized carbons (Fsp3) is 0.391. The van der Waals surface area contributed by atoms with Crippen molar-refractivity contribution in [3.05, 3.63) is 53.9 Å². The van der Waals surface area contributed by atoms with Crippen molar-refractivity contribution < 1.29 is 9.21 Å². The van der Waals surface area contributed by atoms with Gasteiger partial charge in [0.05, 0.1) is 5.52 Å². The number of nitrogens with zero attached hydrogens (tertiary/aromatic N) is 4. The lowest BCUT2D eigenvalue weighted by Crippen LogP contribution is -2.25. The number of aromatic nitrogens is 4. The first-order valence-corrected chi connectivity index (χ1v) is 10.7. The molecule has 0 bridgehead atoms. The molecule has 0 radical (unpaired) electrons. The quantitative estimate of drug-likeness (QED) is 0.481. The van der Waals surface area contributed by atoms with Gasteiger partial charge >= 0.3 is 0 Å². The fourth-order valence-corrected chi connectivity index (χ4v) is 4.22. The Labute approximate surface area is 174 Å². The van der Waals surface area contributed by atoms with Gasteiger partial charge in [-0.1, -0.05) is 36.6 Å². The second kappa shape index (κ2) is 8.26. The molecule has 2 aromatic heterocycles. The van der Waals surface area contributed by atoms with E-state index in [1.807, 2.05) is 41.1 Å². The van der Waals surface area contributed by atoms with Crippen LogP contribution < -0.4 is 5.32 Å². The van der Waals surface area contributed by atoms with Crippen LogP contribution in [-0.2, 0) is 6.54 Å². The van der Waals surface area contributed by atoms with Gasteiger partial charge in [0.25, 0.3) is 5.91 Å². The number of aryl methyl sites for hydroxylation is 1. The van der Waals surface area contributed by atoms with Gasteiger partial charge in [-0.25, -0.2) is 9.67 Å². The number of carbonyl (C=O) groups excluding carboxylic acids is 1. The van der Waals surface area contributed by atoms with Crippen LogP contribution in [0.25, 0.3) is 22.1 Å². The zero-order chi connectivity index (χ0) is 20.3. The number of nitrogens with one attached hydrogen (secondary N) is 1. The highest BCUT2D eigenvalue weighted by Crippen LogP contribution is 2.33. The number of fused-ring (bicyclic) bond motifs is 2. The van der Waals surface area contributed by atoms with Gasteiger partial charge in [0, 0.05) is 24.6 Å². The van der Waals surface area contributed by atoms with Crippen LogP contribution in [0, 0.1) is 0 Å². The van der Waals surface area contributed by atoms with Crippen molar-refractivity contribution in [2.24, 2.45) is 0 Å². The molecule has 2 heterocycles. The first kappa shape index (κ1) is 18.8. The molecule has 1 saturated carbocycles. The molecule has 0 saturated heterocycles. The Morgan fingerprint density at radius 3 is 2.87 bits per heavy atom. The number of benzene rings is 2.